The maximum atomic E-state index is 13.1. The van der Waals surface area contributed by atoms with Crippen molar-refractivity contribution in [2.45, 2.75) is 11.1 Å². The summed E-state index contributed by atoms with van der Waals surface area (Å²) in [4.78, 5) is 18.2. The van der Waals surface area contributed by atoms with Gasteiger partial charge in [0.1, 0.15) is 11.5 Å². The molecular weight excluding hydrogens is 455 g/mol. The van der Waals surface area contributed by atoms with Gasteiger partial charge in [-0.15, -0.1) is 11.3 Å². The summed E-state index contributed by atoms with van der Waals surface area (Å²) in [6.07, 6.45) is -2.98. The molecule has 0 aliphatic carbocycles. The fourth-order valence-corrected chi connectivity index (χ4v) is 4.49. The van der Waals surface area contributed by atoms with Crippen molar-refractivity contribution in [2.24, 2.45) is 0 Å². The second kappa shape index (κ2) is 8.19. The molecule has 7 nitrogen and oxygen atoms in total. The molecule has 0 saturated heterocycles. The molecule has 1 aliphatic heterocycles. The van der Waals surface area contributed by atoms with Crippen LogP contribution in [0.15, 0.2) is 52.9 Å². The number of benzene rings is 2. The molecule has 0 radical (unpaired) electrons. The van der Waals surface area contributed by atoms with Crippen molar-refractivity contribution >= 4 is 44.7 Å². The Morgan fingerprint density at radius 2 is 2.00 bits per heavy atom. The average molecular weight is 469 g/mol. The minimum Gasteiger partial charge on any atom is -0.495 e. The Labute approximate surface area is 181 Å². The van der Waals surface area contributed by atoms with E-state index in [0.29, 0.717) is 15.7 Å². The topological polar surface area (TPSA) is 80.8 Å². The van der Waals surface area contributed by atoms with Gasteiger partial charge in [-0.1, -0.05) is 0 Å². The Kier molecular flexibility index (Phi) is 5.58. The third-order valence-electron chi connectivity index (χ3n) is 4.35. The molecule has 0 spiro atoms. The van der Waals surface area contributed by atoms with Crippen LogP contribution in [-0.2, 0) is 22.0 Å². The van der Waals surface area contributed by atoms with Gasteiger partial charge in [-0.25, -0.2) is 9.19 Å². The van der Waals surface area contributed by atoms with Crippen molar-refractivity contribution in [3.63, 3.8) is 0 Å². The molecule has 31 heavy (non-hydrogen) atoms. The molecule has 12 heteroatoms. The molecule has 0 bridgehead atoms. The number of fused-ring (bicyclic) bond motifs is 1. The van der Waals surface area contributed by atoms with Crippen molar-refractivity contribution in [3.05, 3.63) is 53.5 Å². The maximum absolute atomic E-state index is 13.1. The molecule has 1 unspecified atom stereocenters. The van der Waals surface area contributed by atoms with Gasteiger partial charge < -0.3 is 9.47 Å². The highest BCUT2D eigenvalue weighted by Gasteiger charge is 2.34. The fraction of sp³-hybridized carbons (Fsp3) is 0.158. The molecule has 2 aromatic carbocycles. The number of nitrogens with one attached hydrogen (secondary N) is 1. The quantitative estimate of drug-likeness (QED) is 0.601. The first-order valence-corrected chi connectivity index (χ1v) is 10.7. The number of hydrogen-bond acceptors (Lipinski definition) is 6. The van der Waals surface area contributed by atoms with Crippen LogP contribution in [0.2, 0.25) is 0 Å². The van der Waals surface area contributed by atoms with Crippen molar-refractivity contribution in [2.75, 3.05) is 23.3 Å². The first-order valence-electron chi connectivity index (χ1n) is 8.71. The van der Waals surface area contributed by atoms with Crippen LogP contribution < -0.4 is 19.1 Å². The third-order valence-corrected chi connectivity index (χ3v) is 6.23. The molecule has 0 fully saturated rings. The number of carbonyl (C=O) groups is 1. The zero-order valence-corrected chi connectivity index (χ0v) is 17.4. The van der Waals surface area contributed by atoms with Crippen molar-refractivity contribution < 1.29 is 31.6 Å². The van der Waals surface area contributed by atoms with Gasteiger partial charge in [-0.2, -0.15) is 13.2 Å². The second-order valence-corrected chi connectivity index (χ2v) is 8.35. The summed E-state index contributed by atoms with van der Waals surface area (Å²) in [6.45, 7) is -0.340. The van der Waals surface area contributed by atoms with Gasteiger partial charge in [0.15, 0.2) is 22.7 Å². The average Bonchev–Trinajstić information content (AvgIpc) is 3.25. The molecule has 2 heterocycles. The SMILES string of the molecule is COc1cc(C(F)(F)F)ccc1N1C(=O)COc2cc(S(=O)Nc3nccs3)ccc21. The molecule has 1 aromatic heterocycles. The smallest absolute Gasteiger partial charge is 0.416 e. The number of anilines is 3. The summed E-state index contributed by atoms with van der Waals surface area (Å²) < 4.78 is 65.1. The van der Waals surface area contributed by atoms with E-state index in [9.17, 15) is 22.2 Å². The highest BCUT2D eigenvalue weighted by molar-refractivity contribution is 7.86. The second-order valence-electron chi connectivity index (χ2n) is 6.24. The number of aromatic nitrogens is 1. The normalized spacial score (nSPS) is 14.6. The molecule has 1 atom stereocenters. The van der Waals surface area contributed by atoms with E-state index >= 15 is 0 Å². The Morgan fingerprint density at radius 3 is 2.68 bits per heavy atom. The van der Waals surface area contributed by atoms with Gasteiger partial charge in [0.25, 0.3) is 5.91 Å². The number of alkyl halides is 3. The molecule has 162 valence electrons. The Morgan fingerprint density at radius 1 is 1.23 bits per heavy atom. The van der Waals surface area contributed by atoms with Crippen LogP contribution >= 0.6 is 11.3 Å². The summed E-state index contributed by atoms with van der Waals surface area (Å²) in [5.41, 5.74) is -0.461. The number of rotatable bonds is 5. The van der Waals surface area contributed by atoms with Crippen molar-refractivity contribution in [1.82, 2.24) is 4.98 Å². The van der Waals surface area contributed by atoms with Crippen LogP contribution in [0.5, 0.6) is 11.5 Å². The van der Waals surface area contributed by atoms with Crippen molar-refractivity contribution in [3.8, 4) is 11.5 Å². The number of thiazole rings is 1. The summed E-state index contributed by atoms with van der Waals surface area (Å²) >= 11 is 1.29. The lowest BCUT2D eigenvalue weighted by Crippen LogP contribution is -2.35. The Balaban J connectivity index is 1.70. The summed E-state index contributed by atoms with van der Waals surface area (Å²) in [6, 6.07) is 7.43. The van der Waals surface area contributed by atoms with E-state index < -0.39 is 28.6 Å². The van der Waals surface area contributed by atoms with Crippen molar-refractivity contribution in [1.29, 1.82) is 0 Å². The predicted molar refractivity (Wildman–Crippen MR) is 109 cm³/mol. The van der Waals surface area contributed by atoms with Crippen LogP contribution in [0.4, 0.5) is 29.7 Å². The lowest BCUT2D eigenvalue weighted by Gasteiger charge is -2.30. The van der Waals surface area contributed by atoms with E-state index in [0.717, 1.165) is 12.1 Å². The lowest BCUT2D eigenvalue weighted by molar-refractivity contribution is -0.137. The number of methoxy groups -OCH3 is 1. The van der Waals surface area contributed by atoms with Gasteiger partial charge in [0, 0.05) is 17.6 Å². The van der Waals surface area contributed by atoms with Crippen LogP contribution in [0.25, 0.3) is 0 Å². The number of nitrogens with zero attached hydrogens (tertiary/aromatic N) is 2. The van der Waals surface area contributed by atoms with Gasteiger partial charge in [0.2, 0.25) is 0 Å². The monoisotopic (exact) mass is 469 g/mol. The molecule has 1 amide bonds. The zero-order chi connectivity index (χ0) is 22.2. The highest BCUT2D eigenvalue weighted by atomic mass is 32.2. The third kappa shape index (κ3) is 4.21. The number of halogens is 3. The summed E-state index contributed by atoms with van der Waals surface area (Å²) in [7, 11) is -0.406. The zero-order valence-electron chi connectivity index (χ0n) is 15.8. The molecule has 0 saturated carbocycles. The standard InChI is InChI=1S/C19H14F3N3O4S2/c1-28-15-8-11(19(20,21)22)2-4-13(15)25-14-5-3-12(9-16(14)29-10-17(25)26)31(27)24-18-23-6-7-30-18/h2-9H,10H2,1H3,(H,23,24). The van der Waals surface area contributed by atoms with Gasteiger partial charge in [0.05, 0.1) is 28.9 Å². The van der Waals surface area contributed by atoms with Crippen LogP contribution in [0.3, 0.4) is 0 Å². The number of ether oxygens (including phenoxy) is 2. The van der Waals surface area contributed by atoms with E-state index in [-0.39, 0.29) is 23.8 Å². The molecule has 4 rings (SSSR count). The molecular formula is C19H14F3N3O4S2. The predicted octanol–water partition coefficient (Wildman–Crippen LogP) is 4.36. The van der Waals surface area contributed by atoms with Gasteiger partial charge in [-0.3, -0.25) is 14.4 Å². The van der Waals surface area contributed by atoms with E-state index in [1.165, 1.54) is 47.6 Å². The number of amides is 1. The number of carbonyl (C=O) groups excluding carboxylic acids is 1. The molecule has 3 aromatic rings. The van der Waals surface area contributed by atoms with Gasteiger partial charge in [-0.05, 0) is 30.3 Å². The minimum atomic E-state index is -4.55. The first kappa shape index (κ1) is 21.1. The summed E-state index contributed by atoms with van der Waals surface area (Å²) in [5, 5.41) is 2.21. The van der Waals surface area contributed by atoms with E-state index in [1.807, 2.05) is 0 Å². The Hall–Kier alpha value is -3.12. The summed E-state index contributed by atoms with van der Waals surface area (Å²) in [5.74, 6) is -0.345. The van der Waals surface area contributed by atoms with E-state index in [4.69, 9.17) is 9.47 Å². The van der Waals surface area contributed by atoms with Crippen LogP contribution in [-0.4, -0.2) is 28.8 Å². The minimum absolute atomic E-state index is 0.117. The first-order chi connectivity index (χ1) is 14.8. The fourth-order valence-electron chi connectivity index (χ4n) is 2.96. The van der Waals surface area contributed by atoms with E-state index in [2.05, 4.69) is 9.71 Å². The number of hydrogen-bond donors (Lipinski definition) is 1. The lowest BCUT2D eigenvalue weighted by atomic mass is 10.1. The van der Waals surface area contributed by atoms with Crippen LogP contribution in [0, 0.1) is 0 Å². The highest BCUT2D eigenvalue weighted by Crippen LogP contribution is 2.43. The van der Waals surface area contributed by atoms with E-state index in [1.54, 1.807) is 11.6 Å². The maximum Gasteiger partial charge on any atom is 0.416 e. The Bertz CT molecular complexity index is 1150. The largest absolute Gasteiger partial charge is 0.495 e. The molecule has 1 N–H and O–H groups in total. The molecule has 1 aliphatic rings. The van der Waals surface area contributed by atoms with Crippen LogP contribution in [0.1, 0.15) is 5.56 Å². The van der Waals surface area contributed by atoms with Gasteiger partial charge >= 0.3 is 6.18 Å².